The molecule has 3 heteroatoms. The molecule has 2 atom stereocenters. The first-order chi connectivity index (χ1) is 9.59. The zero-order valence-electron chi connectivity index (χ0n) is 11.8. The molecule has 0 aromatic heterocycles. The molecule has 0 aliphatic carbocycles. The highest BCUT2D eigenvalue weighted by Crippen LogP contribution is 2.18. The fourth-order valence-corrected chi connectivity index (χ4v) is 2.27. The zero-order chi connectivity index (χ0) is 14.5. The predicted molar refractivity (Wildman–Crippen MR) is 81.1 cm³/mol. The zero-order valence-corrected chi connectivity index (χ0v) is 11.8. The van der Waals surface area contributed by atoms with Gasteiger partial charge in [-0.15, -0.1) is 0 Å². The average Bonchev–Trinajstić information content (AvgIpc) is 2.47. The van der Waals surface area contributed by atoms with E-state index in [0.29, 0.717) is 0 Å². The third-order valence-corrected chi connectivity index (χ3v) is 3.45. The van der Waals surface area contributed by atoms with Crippen LogP contribution < -0.4 is 11.1 Å². The lowest BCUT2D eigenvalue weighted by Gasteiger charge is -2.19. The van der Waals surface area contributed by atoms with Crippen molar-refractivity contribution in [1.82, 2.24) is 5.32 Å². The van der Waals surface area contributed by atoms with E-state index < -0.39 is 6.04 Å². The molecule has 0 unspecified atom stereocenters. The minimum absolute atomic E-state index is 0.0570. The van der Waals surface area contributed by atoms with E-state index in [2.05, 4.69) is 5.32 Å². The number of hydrogen-bond donors (Lipinski definition) is 2. The van der Waals surface area contributed by atoms with Gasteiger partial charge in [0.05, 0.1) is 6.04 Å². The van der Waals surface area contributed by atoms with Gasteiger partial charge in [0.2, 0.25) is 5.91 Å². The Morgan fingerprint density at radius 1 is 1.05 bits per heavy atom. The third-order valence-electron chi connectivity index (χ3n) is 3.45. The van der Waals surface area contributed by atoms with Gasteiger partial charge in [0.15, 0.2) is 0 Å². The number of hydrogen-bond acceptors (Lipinski definition) is 2. The van der Waals surface area contributed by atoms with Crippen molar-refractivity contribution in [3.8, 4) is 0 Å². The highest BCUT2D eigenvalue weighted by atomic mass is 16.2. The molecule has 20 heavy (non-hydrogen) atoms. The van der Waals surface area contributed by atoms with Crippen molar-refractivity contribution in [2.24, 2.45) is 5.73 Å². The number of carbonyl (C=O) groups is 1. The number of nitrogens with two attached hydrogens (primary N) is 1. The number of rotatable bonds is 4. The van der Waals surface area contributed by atoms with E-state index in [4.69, 9.17) is 5.73 Å². The molecule has 2 aromatic rings. The Kier molecular flexibility index (Phi) is 4.53. The highest BCUT2D eigenvalue weighted by Gasteiger charge is 2.18. The first-order valence-electron chi connectivity index (χ1n) is 6.76. The predicted octanol–water partition coefficient (Wildman–Crippen LogP) is 2.87. The van der Waals surface area contributed by atoms with Gasteiger partial charge in [0, 0.05) is 0 Å². The topological polar surface area (TPSA) is 55.1 Å². The Hall–Kier alpha value is -2.13. The van der Waals surface area contributed by atoms with Gasteiger partial charge >= 0.3 is 0 Å². The molecule has 2 aromatic carbocycles. The molecule has 0 saturated carbocycles. The van der Waals surface area contributed by atoms with Gasteiger partial charge in [-0.2, -0.15) is 0 Å². The molecule has 2 rings (SSSR count). The summed E-state index contributed by atoms with van der Waals surface area (Å²) in [4.78, 5) is 12.2. The van der Waals surface area contributed by atoms with Gasteiger partial charge in [-0.25, -0.2) is 0 Å². The third kappa shape index (κ3) is 3.25. The van der Waals surface area contributed by atoms with Crippen LogP contribution in [0.1, 0.15) is 35.7 Å². The van der Waals surface area contributed by atoms with Crippen LogP contribution in [0.3, 0.4) is 0 Å². The summed E-state index contributed by atoms with van der Waals surface area (Å²) in [6, 6.07) is 16.7. The summed E-state index contributed by atoms with van der Waals surface area (Å²) >= 11 is 0. The fraction of sp³-hybridized carbons (Fsp3) is 0.235. The number of benzene rings is 2. The summed E-state index contributed by atoms with van der Waals surface area (Å²) in [6.07, 6.45) is 0. The molecule has 0 spiro atoms. The van der Waals surface area contributed by atoms with Crippen LogP contribution in [0.2, 0.25) is 0 Å². The molecule has 104 valence electrons. The molecule has 0 radical (unpaired) electrons. The van der Waals surface area contributed by atoms with Crippen LogP contribution in [-0.4, -0.2) is 5.91 Å². The Morgan fingerprint density at radius 3 is 2.30 bits per heavy atom. The highest BCUT2D eigenvalue weighted by molar-refractivity contribution is 5.83. The van der Waals surface area contributed by atoms with Gasteiger partial charge in [0.1, 0.15) is 6.04 Å². The molecule has 3 N–H and O–H groups in total. The smallest absolute Gasteiger partial charge is 0.241 e. The Labute approximate surface area is 119 Å². The van der Waals surface area contributed by atoms with E-state index in [-0.39, 0.29) is 11.9 Å². The lowest BCUT2D eigenvalue weighted by Crippen LogP contribution is -2.35. The second kappa shape index (κ2) is 6.35. The largest absolute Gasteiger partial charge is 0.348 e. The summed E-state index contributed by atoms with van der Waals surface area (Å²) in [5.41, 5.74) is 9.09. The minimum atomic E-state index is -0.636. The second-order valence-corrected chi connectivity index (χ2v) is 4.98. The van der Waals surface area contributed by atoms with E-state index in [1.807, 2.05) is 68.4 Å². The number of amides is 1. The Balaban J connectivity index is 2.07. The van der Waals surface area contributed by atoms with Gasteiger partial charge in [-0.05, 0) is 30.5 Å². The molecule has 0 bridgehead atoms. The van der Waals surface area contributed by atoms with Crippen molar-refractivity contribution >= 4 is 5.91 Å². The normalized spacial score (nSPS) is 13.6. The quantitative estimate of drug-likeness (QED) is 0.896. The summed E-state index contributed by atoms with van der Waals surface area (Å²) in [6.45, 7) is 4.01. The SMILES string of the molecule is Cc1ccccc1[C@@H](C)NC(=O)[C@H](N)c1ccccc1. The van der Waals surface area contributed by atoms with Crippen LogP contribution in [0, 0.1) is 6.92 Å². The van der Waals surface area contributed by atoms with E-state index in [1.165, 1.54) is 0 Å². The van der Waals surface area contributed by atoms with Gasteiger partial charge in [0.25, 0.3) is 0 Å². The van der Waals surface area contributed by atoms with Crippen molar-refractivity contribution in [2.45, 2.75) is 25.9 Å². The summed E-state index contributed by atoms with van der Waals surface area (Å²) in [7, 11) is 0. The fourth-order valence-electron chi connectivity index (χ4n) is 2.27. The first-order valence-corrected chi connectivity index (χ1v) is 6.76. The van der Waals surface area contributed by atoms with Crippen LogP contribution in [-0.2, 0) is 4.79 Å². The summed E-state index contributed by atoms with van der Waals surface area (Å²) in [5, 5.41) is 2.97. The van der Waals surface area contributed by atoms with E-state index in [9.17, 15) is 4.79 Å². The molecule has 0 saturated heterocycles. The Bertz CT molecular complexity index is 581. The van der Waals surface area contributed by atoms with Crippen molar-refractivity contribution in [2.75, 3.05) is 0 Å². The molecular formula is C17H20N2O. The van der Waals surface area contributed by atoms with Crippen LogP contribution in [0.5, 0.6) is 0 Å². The van der Waals surface area contributed by atoms with Crippen LogP contribution in [0.15, 0.2) is 54.6 Å². The van der Waals surface area contributed by atoms with Crippen molar-refractivity contribution < 1.29 is 4.79 Å². The minimum Gasteiger partial charge on any atom is -0.348 e. The molecule has 0 aliphatic heterocycles. The molecule has 1 amide bonds. The standard InChI is InChI=1S/C17H20N2O/c1-12-8-6-7-11-15(12)13(2)19-17(20)16(18)14-9-4-3-5-10-14/h3-11,13,16H,18H2,1-2H3,(H,19,20)/t13-,16-/m1/s1. The summed E-state index contributed by atoms with van der Waals surface area (Å²) < 4.78 is 0. The Morgan fingerprint density at radius 2 is 1.65 bits per heavy atom. The second-order valence-electron chi connectivity index (χ2n) is 4.98. The van der Waals surface area contributed by atoms with Crippen molar-refractivity contribution in [3.63, 3.8) is 0 Å². The van der Waals surface area contributed by atoms with Gasteiger partial charge in [-0.1, -0.05) is 54.6 Å². The van der Waals surface area contributed by atoms with E-state index in [0.717, 1.165) is 16.7 Å². The monoisotopic (exact) mass is 268 g/mol. The van der Waals surface area contributed by atoms with Gasteiger partial charge < -0.3 is 11.1 Å². The maximum atomic E-state index is 12.2. The molecule has 3 nitrogen and oxygen atoms in total. The van der Waals surface area contributed by atoms with Crippen LogP contribution in [0.4, 0.5) is 0 Å². The molecule has 0 aliphatic rings. The van der Waals surface area contributed by atoms with Gasteiger partial charge in [-0.3, -0.25) is 4.79 Å². The lowest BCUT2D eigenvalue weighted by atomic mass is 10.0. The number of nitrogens with one attached hydrogen (secondary N) is 1. The molecule has 0 fully saturated rings. The van der Waals surface area contributed by atoms with E-state index >= 15 is 0 Å². The molecule has 0 heterocycles. The van der Waals surface area contributed by atoms with Crippen molar-refractivity contribution in [3.05, 3.63) is 71.3 Å². The maximum Gasteiger partial charge on any atom is 0.241 e. The van der Waals surface area contributed by atoms with E-state index in [1.54, 1.807) is 0 Å². The van der Waals surface area contributed by atoms with Crippen LogP contribution >= 0.6 is 0 Å². The number of aryl methyl sites for hydroxylation is 1. The number of carbonyl (C=O) groups excluding carboxylic acids is 1. The van der Waals surface area contributed by atoms with Crippen LogP contribution in [0.25, 0.3) is 0 Å². The maximum absolute atomic E-state index is 12.2. The summed E-state index contributed by atoms with van der Waals surface area (Å²) in [5.74, 6) is -0.160. The first kappa shape index (κ1) is 14.3. The molecular weight excluding hydrogens is 248 g/mol. The average molecular weight is 268 g/mol. The van der Waals surface area contributed by atoms with Crippen molar-refractivity contribution in [1.29, 1.82) is 0 Å². The lowest BCUT2D eigenvalue weighted by molar-refractivity contribution is -0.123.